The highest BCUT2D eigenvalue weighted by Gasteiger charge is 2.63. The summed E-state index contributed by atoms with van der Waals surface area (Å²) in [5.74, 6) is -1.08. The molecule has 0 unspecified atom stereocenters. The van der Waals surface area contributed by atoms with Crippen molar-refractivity contribution in [3.63, 3.8) is 0 Å². The fourth-order valence-electron chi connectivity index (χ4n) is 2.32. The number of aliphatic hydroxyl groups is 1. The predicted molar refractivity (Wildman–Crippen MR) is 80.2 cm³/mol. The molecular formula is C15H16ClF3N2O2. The van der Waals surface area contributed by atoms with Gasteiger partial charge >= 0.3 is 6.18 Å². The van der Waals surface area contributed by atoms with Crippen molar-refractivity contribution in [1.29, 1.82) is 0 Å². The molecule has 8 heteroatoms. The van der Waals surface area contributed by atoms with Crippen LogP contribution in [0, 0.1) is 0 Å². The van der Waals surface area contributed by atoms with E-state index in [0.29, 0.717) is 12.8 Å². The average Bonchev–Trinajstić information content (AvgIpc) is 2.83. The highest BCUT2D eigenvalue weighted by Crippen LogP contribution is 2.42. The average molecular weight is 349 g/mol. The highest BCUT2D eigenvalue weighted by molar-refractivity contribution is 6.33. The summed E-state index contributed by atoms with van der Waals surface area (Å²) in [6.07, 6.45) is -4.09. The number of rotatable bonds is 4. The minimum atomic E-state index is -5.03. The van der Waals surface area contributed by atoms with Gasteiger partial charge in [0.2, 0.25) is 0 Å². The lowest BCUT2D eigenvalue weighted by Crippen LogP contribution is -2.56. The zero-order chi connectivity index (χ0) is 17.3. The first-order chi connectivity index (χ1) is 10.7. The van der Waals surface area contributed by atoms with Crippen molar-refractivity contribution in [1.82, 2.24) is 5.01 Å². The van der Waals surface area contributed by atoms with Crippen molar-refractivity contribution < 1.29 is 23.1 Å². The first-order valence-electron chi connectivity index (χ1n) is 7.15. The van der Waals surface area contributed by atoms with E-state index in [2.05, 4.69) is 5.10 Å². The van der Waals surface area contributed by atoms with Gasteiger partial charge in [0, 0.05) is 12.1 Å². The van der Waals surface area contributed by atoms with Gasteiger partial charge < -0.3 is 5.11 Å². The van der Waals surface area contributed by atoms with Crippen LogP contribution in [0.25, 0.3) is 0 Å². The lowest BCUT2D eigenvalue weighted by Gasteiger charge is -2.32. The molecule has 0 radical (unpaired) electrons. The number of hydrogen-bond acceptors (Lipinski definition) is 3. The van der Waals surface area contributed by atoms with Crippen LogP contribution in [-0.2, 0) is 0 Å². The molecule has 2 rings (SSSR count). The summed E-state index contributed by atoms with van der Waals surface area (Å²) in [6, 6.07) is 5.71. The number of carbonyl (C=O) groups excluding carboxylic acids is 1. The van der Waals surface area contributed by atoms with Gasteiger partial charge in [0.1, 0.15) is 0 Å². The lowest BCUT2D eigenvalue weighted by atomic mass is 10.0. The number of hydrazone groups is 1. The smallest absolute Gasteiger partial charge is 0.362 e. The van der Waals surface area contributed by atoms with Crippen LogP contribution in [-0.4, -0.2) is 33.6 Å². The summed E-state index contributed by atoms with van der Waals surface area (Å²) in [5.41, 5.74) is -3.34. The monoisotopic (exact) mass is 348 g/mol. The fourth-order valence-corrected chi connectivity index (χ4v) is 2.54. The Bertz CT molecular complexity index is 633. The summed E-state index contributed by atoms with van der Waals surface area (Å²) < 4.78 is 40.0. The van der Waals surface area contributed by atoms with Crippen LogP contribution in [0.2, 0.25) is 5.02 Å². The van der Waals surface area contributed by atoms with E-state index in [1.54, 1.807) is 6.07 Å². The maximum absolute atomic E-state index is 13.3. The van der Waals surface area contributed by atoms with Crippen LogP contribution in [0.1, 0.15) is 43.0 Å². The second kappa shape index (κ2) is 6.49. The van der Waals surface area contributed by atoms with Gasteiger partial charge in [0.15, 0.2) is 0 Å². The van der Waals surface area contributed by atoms with Gasteiger partial charge in [-0.2, -0.15) is 23.3 Å². The van der Waals surface area contributed by atoms with Crippen LogP contribution in [0.15, 0.2) is 29.4 Å². The third-order valence-electron chi connectivity index (χ3n) is 3.61. The molecule has 1 atom stereocenters. The lowest BCUT2D eigenvalue weighted by molar-refractivity contribution is -0.297. The molecule has 126 valence electrons. The van der Waals surface area contributed by atoms with Crippen molar-refractivity contribution in [2.45, 2.75) is 44.5 Å². The molecular weight excluding hydrogens is 333 g/mol. The molecule has 4 nitrogen and oxygen atoms in total. The minimum Gasteiger partial charge on any atom is -0.362 e. The molecule has 0 aliphatic carbocycles. The third-order valence-corrected chi connectivity index (χ3v) is 3.94. The number of carbonyl (C=O) groups is 1. The number of amides is 1. The molecule has 1 amide bonds. The molecule has 0 saturated carbocycles. The minimum absolute atomic E-state index is 0.000710. The summed E-state index contributed by atoms with van der Waals surface area (Å²) in [7, 11) is 0. The number of alkyl halides is 3. The van der Waals surface area contributed by atoms with Crippen LogP contribution < -0.4 is 0 Å². The standard InChI is InChI=1S/C15H16ClF3N2O2/c1-2-3-6-10-9-14(23,15(17,18)19)21(20-10)13(22)11-7-4-5-8-12(11)16/h4-5,7-8,23H,2-3,6,9H2,1H3/t14-/m0/s1. The van der Waals surface area contributed by atoms with Crippen LogP contribution in [0.5, 0.6) is 0 Å². The Morgan fingerprint density at radius 2 is 2.09 bits per heavy atom. The first-order valence-corrected chi connectivity index (χ1v) is 7.53. The Hall–Kier alpha value is -1.60. The van der Waals surface area contributed by atoms with E-state index in [9.17, 15) is 23.1 Å². The van der Waals surface area contributed by atoms with Crippen LogP contribution in [0.4, 0.5) is 13.2 Å². The van der Waals surface area contributed by atoms with E-state index in [0.717, 1.165) is 6.42 Å². The molecule has 0 fully saturated rings. The van der Waals surface area contributed by atoms with Crippen LogP contribution >= 0.6 is 11.6 Å². The second-order valence-electron chi connectivity index (χ2n) is 5.36. The SMILES string of the molecule is CCCCC1=NN(C(=O)c2ccccc2Cl)[C@@](O)(C(F)(F)F)C1. The topological polar surface area (TPSA) is 52.9 Å². The fraction of sp³-hybridized carbons (Fsp3) is 0.467. The van der Waals surface area contributed by atoms with E-state index in [1.807, 2.05) is 6.92 Å². The normalized spacial score (nSPS) is 21.5. The van der Waals surface area contributed by atoms with E-state index >= 15 is 0 Å². The van der Waals surface area contributed by atoms with Crippen molar-refractivity contribution in [3.8, 4) is 0 Å². The second-order valence-corrected chi connectivity index (χ2v) is 5.76. The van der Waals surface area contributed by atoms with E-state index in [4.69, 9.17) is 11.6 Å². The molecule has 0 bridgehead atoms. The van der Waals surface area contributed by atoms with Crippen molar-refractivity contribution in [2.24, 2.45) is 5.10 Å². The van der Waals surface area contributed by atoms with E-state index < -0.39 is 24.2 Å². The zero-order valence-electron chi connectivity index (χ0n) is 12.4. The van der Waals surface area contributed by atoms with Gasteiger partial charge in [-0.1, -0.05) is 37.1 Å². The molecule has 0 aromatic heterocycles. The Morgan fingerprint density at radius 1 is 1.43 bits per heavy atom. The van der Waals surface area contributed by atoms with Gasteiger partial charge in [0.05, 0.1) is 10.6 Å². The Kier molecular flexibility index (Phi) is 5.01. The number of nitrogens with zero attached hydrogens (tertiary/aromatic N) is 2. The molecule has 1 aromatic rings. The molecule has 0 spiro atoms. The third kappa shape index (κ3) is 3.35. The largest absolute Gasteiger partial charge is 0.438 e. The van der Waals surface area contributed by atoms with Crippen molar-refractivity contribution >= 4 is 23.2 Å². The Balaban J connectivity index is 2.40. The maximum atomic E-state index is 13.3. The number of unbranched alkanes of at least 4 members (excludes halogenated alkanes) is 1. The summed E-state index contributed by atoms with van der Waals surface area (Å²) in [5, 5.41) is 13.9. The summed E-state index contributed by atoms with van der Waals surface area (Å²) in [4.78, 5) is 12.4. The van der Waals surface area contributed by atoms with Crippen molar-refractivity contribution in [2.75, 3.05) is 0 Å². The predicted octanol–water partition coefficient (Wildman–Crippen LogP) is 3.98. The van der Waals surface area contributed by atoms with Crippen molar-refractivity contribution in [3.05, 3.63) is 34.9 Å². The van der Waals surface area contributed by atoms with Gasteiger partial charge in [0.25, 0.3) is 11.6 Å². The molecule has 23 heavy (non-hydrogen) atoms. The Morgan fingerprint density at radius 3 is 2.65 bits per heavy atom. The zero-order valence-corrected chi connectivity index (χ0v) is 13.2. The molecule has 1 aromatic carbocycles. The van der Waals surface area contributed by atoms with Gasteiger partial charge in [-0.3, -0.25) is 4.79 Å². The van der Waals surface area contributed by atoms with Crippen LogP contribution in [0.3, 0.4) is 0 Å². The Labute approximate surface area is 136 Å². The molecule has 1 heterocycles. The first kappa shape index (κ1) is 17.7. The quantitative estimate of drug-likeness (QED) is 0.894. The number of hydrogen-bond donors (Lipinski definition) is 1. The van der Waals surface area contributed by atoms with Gasteiger partial charge in [-0.25, -0.2) is 0 Å². The van der Waals surface area contributed by atoms with E-state index in [1.165, 1.54) is 18.2 Å². The molecule has 0 saturated heterocycles. The van der Waals surface area contributed by atoms with E-state index in [-0.39, 0.29) is 21.3 Å². The maximum Gasteiger partial charge on any atom is 0.438 e. The summed E-state index contributed by atoms with van der Waals surface area (Å²) >= 11 is 5.87. The molecule has 1 N–H and O–H groups in total. The van der Waals surface area contributed by atoms with Gasteiger partial charge in [-0.15, -0.1) is 0 Å². The molecule has 1 aliphatic heterocycles. The summed E-state index contributed by atoms with van der Waals surface area (Å²) in [6.45, 7) is 1.89. The number of halogens is 4. The van der Waals surface area contributed by atoms with Gasteiger partial charge in [-0.05, 0) is 25.0 Å². The number of benzene rings is 1. The highest BCUT2D eigenvalue weighted by atomic mass is 35.5. The molecule has 1 aliphatic rings.